The van der Waals surface area contributed by atoms with E-state index in [1.54, 1.807) is 19.2 Å². The Kier molecular flexibility index (Phi) is 7.78. The van der Waals surface area contributed by atoms with E-state index in [2.05, 4.69) is 20.8 Å². The van der Waals surface area contributed by atoms with Crippen molar-refractivity contribution in [2.24, 2.45) is 21.6 Å². The number of amidine groups is 1. The lowest BCUT2D eigenvalue weighted by Crippen LogP contribution is -2.34. The summed E-state index contributed by atoms with van der Waals surface area (Å²) in [6.45, 7) is 1.66. The molecule has 1 unspecified atom stereocenters. The third-order valence-electron chi connectivity index (χ3n) is 4.86. The van der Waals surface area contributed by atoms with E-state index < -0.39 is 0 Å². The van der Waals surface area contributed by atoms with Crippen molar-refractivity contribution in [2.45, 2.75) is 18.9 Å². The highest BCUT2D eigenvalue weighted by Gasteiger charge is 2.20. The molecular weight excluding hydrogens is 392 g/mol. The van der Waals surface area contributed by atoms with Crippen LogP contribution in [0.25, 0.3) is 5.70 Å². The van der Waals surface area contributed by atoms with Crippen molar-refractivity contribution < 1.29 is 9.53 Å². The van der Waals surface area contributed by atoms with E-state index in [1.165, 1.54) is 0 Å². The summed E-state index contributed by atoms with van der Waals surface area (Å²) >= 11 is 0. The monoisotopic (exact) mass is 420 g/mol. The number of hydrogen-bond acceptors (Lipinski definition) is 7. The van der Waals surface area contributed by atoms with E-state index in [0.717, 1.165) is 25.1 Å². The maximum Gasteiger partial charge on any atom is 0.168 e. The maximum atomic E-state index is 11.9. The fraction of sp³-hybridized carbons (Fsp3) is 0.261. The Morgan fingerprint density at radius 3 is 2.45 bits per heavy atom. The number of carbonyl (C=O) groups is 1. The topological polar surface area (TPSA) is 127 Å². The van der Waals surface area contributed by atoms with Crippen molar-refractivity contribution in [2.75, 3.05) is 20.1 Å². The lowest BCUT2D eigenvalue weighted by atomic mass is 10.0. The van der Waals surface area contributed by atoms with Crippen LogP contribution in [-0.4, -0.2) is 44.0 Å². The van der Waals surface area contributed by atoms with Crippen LogP contribution in [0.1, 0.15) is 18.4 Å². The number of hydrogen-bond donors (Lipinski definition) is 4. The summed E-state index contributed by atoms with van der Waals surface area (Å²) in [5.74, 6) is 1.50. The summed E-state index contributed by atoms with van der Waals surface area (Å²) in [6.07, 6.45) is 2.58. The normalized spacial score (nSPS) is 18.2. The van der Waals surface area contributed by atoms with Crippen LogP contribution in [-0.2, 0) is 4.79 Å². The number of benzene rings is 2. The van der Waals surface area contributed by atoms with Gasteiger partial charge in [0.2, 0.25) is 0 Å². The first-order chi connectivity index (χ1) is 15.1. The molecule has 1 heterocycles. The molecule has 3 rings (SSSR count). The average Bonchev–Trinajstić information content (AvgIpc) is 2.80. The minimum absolute atomic E-state index is 0.0132. The third kappa shape index (κ3) is 5.93. The van der Waals surface area contributed by atoms with Gasteiger partial charge in [-0.25, -0.2) is 0 Å². The maximum absolute atomic E-state index is 11.9. The summed E-state index contributed by atoms with van der Waals surface area (Å²) in [7, 11) is 1.62. The summed E-state index contributed by atoms with van der Waals surface area (Å²) in [5, 5.41) is 7.32. The molecule has 2 aromatic rings. The van der Waals surface area contributed by atoms with E-state index in [0.29, 0.717) is 35.4 Å². The van der Waals surface area contributed by atoms with Crippen LogP contribution in [0.3, 0.4) is 0 Å². The van der Waals surface area contributed by atoms with Gasteiger partial charge in [-0.05, 0) is 61.3 Å². The highest BCUT2D eigenvalue weighted by Crippen LogP contribution is 2.24. The van der Waals surface area contributed by atoms with Crippen LogP contribution in [0.5, 0.6) is 11.5 Å². The smallest absolute Gasteiger partial charge is 0.168 e. The number of nitrogens with two attached hydrogens (primary N) is 2. The van der Waals surface area contributed by atoms with Crippen molar-refractivity contribution in [3.8, 4) is 11.5 Å². The molecule has 0 spiro atoms. The first-order valence-corrected chi connectivity index (χ1v) is 10.2. The second kappa shape index (κ2) is 10.9. The Morgan fingerprint density at radius 1 is 1.13 bits per heavy atom. The van der Waals surface area contributed by atoms with Gasteiger partial charge in [0, 0.05) is 13.6 Å². The zero-order valence-corrected chi connectivity index (χ0v) is 17.5. The number of aliphatic imine (C=N–C) groups is 1. The molecule has 31 heavy (non-hydrogen) atoms. The molecule has 8 heteroatoms. The Morgan fingerprint density at radius 2 is 1.84 bits per heavy atom. The Hall–Kier alpha value is -3.65. The first-order valence-electron chi connectivity index (χ1n) is 10.2. The molecule has 2 aromatic carbocycles. The molecule has 1 fully saturated rings. The lowest BCUT2D eigenvalue weighted by molar-refractivity contribution is -0.102. The van der Waals surface area contributed by atoms with Crippen molar-refractivity contribution in [3.63, 3.8) is 0 Å². The Labute approximate surface area is 182 Å². The third-order valence-corrected chi connectivity index (χ3v) is 4.86. The zero-order valence-electron chi connectivity index (χ0n) is 17.5. The SMILES string of the molecule is CN/N=C(/N)C(C(C=O)=NC1CCCNC1)=C(N)c1ccc(Oc2ccccc2)cc1. The fourth-order valence-electron chi connectivity index (χ4n) is 3.35. The van der Waals surface area contributed by atoms with E-state index in [-0.39, 0.29) is 17.6 Å². The molecular formula is C23H28N6O2. The zero-order chi connectivity index (χ0) is 22.1. The molecule has 1 aliphatic rings. The van der Waals surface area contributed by atoms with Gasteiger partial charge in [-0.3, -0.25) is 9.79 Å². The van der Waals surface area contributed by atoms with Gasteiger partial charge in [0.15, 0.2) is 12.1 Å². The van der Waals surface area contributed by atoms with Gasteiger partial charge in [0.05, 0.1) is 17.3 Å². The largest absolute Gasteiger partial charge is 0.457 e. The molecule has 162 valence electrons. The summed E-state index contributed by atoms with van der Waals surface area (Å²) < 4.78 is 5.83. The number of piperidine rings is 1. The van der Waals surface area contributed by atoms with Gasteiger partial charge in [-0.15, -0.1) is 0 Å². The van der Waals surface area contributed by atoms with Gasteiger partial charge in [0.1, 0.15) is 17.2 Å². The van der Waals surface area contributed by atoms with Crippen LogP contribution in [0.15, 0.2) is 70.3 Å². The van der Waals surface area contributed by atoms with Crippen LogP contribution in [0, 0.1) is 0 Å². The summed E-state index contributed by atoms with van der Waals surface area (Å²) in [5.41, 5.74) is 16.7. The minimum Gasteiger partial charge on any atom is -0.457 e. The number of nitrogens with one attached hydrogen (secondary N) is 2. The van der Waals surface area contributed by atoms with Crippen LogP contribution < -0.4 is 26.9 Å². The standard InChI is InChI=1S/C23H28N6O2/c1-26-29-23(25)21(20(15-30)28-17-6-5-13-27-14-17)22(24)16-9-11-19(12-10-16)31-18-7-3-2-4-8-18/h2-4,7-12,15,17,26-27H,5-6,13-14,24H2,1H3,(H2,25,29). The molecule has 0 aromatic heterocycles. The lowest BCUT2D eigenvalue weighted by Gasteiger charge is -2.20. The molecule has 0 amide bonds. The average molecular weight is 421 g/mol. The fourth-order valence-corrected chi connectivity index (χ4v) is 3.35. The predicted octanol–water partition coefficient (Wildman–Crippen LogP) is 2.03. The minimum atomic E-state index is -0.0132. The summed E-state index contributed by atoms with van der Waals surface area (Å²) in [4.78, 5) is 16.5. The molecule has 6 N–H and O–H groups in total. The number of nitrogens with zero attached hydrogens (tertiary/aromatic N) is 2. The van der Waals surface area contributed by atoms with E-state index >= 15 is 0 Å². The second-order valence-electron chi connectivity index (χ2n) is 7.08. The number of aldehydes is 1. The van der Waals surface area contributed by atoms with Crippen molar-refractivity contribution in [3.05, 3.63) is 65.7 Å². The van der Waals surface area contributed by atoms with Crippen LogP contribution >= 0.6 is 0 Å². The molecule has 0 saturated carbocycles. The number of carbonyl (C=O) groups excluding carboxylic acids is 1. The van der Waals surface area contributed by atoms with Gasteiger partial charge < -0.3 is 26.9 Å². The molecule has 0 radical (unpaired) electrons. The Balaban J connectivity index is 1.94. The second-order valence-corrected chi connectivity index (χ2v) is 7.08. The molecule has 1 saturated heterocycles. The summed E-state index contributed by atoms with van der Waals surface area (Å²) in [6, 6.07) is 16.7. The molecule has 0 bridgehead atoms. The highest BCUT2D eigenvalue weighted by molar-refractivity contribution is 6.46. The van der Waals surface area contributed by atoms with Gasteiger partial charge in [0.25, 0.3) is 0 Å². The van der Waals surface area contributed by atoms with E-state index in [1.807, 2.05) is 42.5 Å². The van der Waals surface area contributed by atoms with Gasteiger partial charge >= 0.3 is 0 Å². The van der Waals surface area contributed by atoms with Crippen molar-refractivity contribution >= 4 is 23.5 Å². The van der Waals surface area contributed by atoms with Crippen molar-refractivity contribution in [1.82, 2.24) is 10.7 Å². The van der Waals surface area contributed by atoms with E-state index in [9.17, 15) is 4.79 Å². The van der Waals surface area contributed by atoms with Crippen molar-refractivity contribution in [1.29, 1.82) is 0 Å². The number of hydrazone groups is 1. The number of ether oxygens (including phenoxy) is 1. The highest BCUT2D eigenvalue weighted by atomic mass is 16.5. The quantitative estimate of drug-likeness (QED) is 0.224. The van der Waals surface area contributed by atoms with E-state index in [4.69, 9.17) is 16.2 Å². The first kappa shape index (κ1) is 22.0. The Bertz CT molecular complexity index is 961. The molecule has 1 atom stereocenters. The predicted molar refractivity (Wildman–Crippen MR) is 124 cm³/mol. The van der Waals surface area contributed by atoms with Crippen LogP contribution in [0.4, 0.5) is 0 Å². The molecule has 1 aliphatic heterocycles. The molecule has 0 aliphatic carbocycles. The number of para-hydroxylation sites is 1. The van der Waals surface area contributed by atoms with Crippen LogP contribution in [0.2, 0.25) is 0 Å². The molecule has 8 nitrogen and oxygen atoms in total. The number of rotatable bonds is 8. The van der Waals surface area contributed by atoms with Gasteiger partial charge in [-0.2, -0.15) is 5.10 Å². The van der Waals surface area contributed by atoms with Gasteiger partial charge in [-0.1, -0.05) is 18.2 Å².